The minimum atomic E-state index is -0.380. The van der Waals surface area contributed by atoms with Gasteiger partial charge in [0.05, 0.1) is 4.92 Å². The molecule has 2 rings (SSSR count). The number of rotatable bonds is 1. The summed E-state index contributed by atoms with van der Waals surface area (Å²) in [5.41, 5.74) is 0.884. The molecule has 14 heavy (non-hydrogen) atoms. The van der Waals surface area contributed by atoms with E-state index in [0.29, 0.717) is 5.56 Å². The lowest BCUT2D eigenvalue weighted by molar-refractivity contribution is -0.385. The van der Waals surface area contributed by atoms with Gasteiger partial charge in [0.25, 0.3) is 5.69 Å². The molecule has 0 atom stereocenters. The van der Waals surface area contributed by atoms with Gasteiger partial charge < -0.3 is 0 Å². The lowest BCUT2D eigenvalue weighted by Crippen LogP contribution is -1.89. The van der Waals surface area contributed by atoms with E-state index >= 15 is 0 Å². The standard InChI is InChI=1S/C7H7NO2.C4H8/c1-6-4-2-3-5-7(6)8(9)10;1-4-2-3-4/h2-5H,1H3;4H,2-3H2,1H3. The maximum Gasteiger partial charge on any atom is 0.272 e. The molecule has 1 aromatic carbocycles. The zero-order valence-corrected chi connectivity index (χ0v) is 8.56. The van der Waals surface area contributed by atoms with Crippen molar-refractivity contribution in [2.75, 3.05) is 0 Å². The highest BCUT2D eigenvalue weighted by atomic mass is 16.6. The first-order chi connectivity index (χ1) is 6.61. The topological polar surface area (TPSA) is 43.1 Å². The first-order valence-corrected chi connectivity index (χ1v) is 4.81. The second-order valence-corrected chi connectivity index (χ2v) is 3.73. The third-order valence-electron chi connectivity index (χ3n) is 2.18. The van der Waals surface area contributed by atoms with Crippen LogP contribution in [0.5, 0.6) is 0 Å². The van der Waals surface area contributed by atoms with Gasteiger partial charge >= 0.3 is 0 Å². The number of hydrogen-bond acceptors (Lipinski definition) is 2. The van der Waals surface area contributed by atoms with Crippen molar-refractivity contribution in [2.45, 2.75) is 26.7 Å². The molecular weight excluding hydrogens is 178 g/mol. The quantitative estimate of drug-likeness (QED) is 0.507. The van der Waals surface area contributed by atoms with E-state index < -0.39 is 0 Å². The maximum absolute atomic E-state index is 10.2. The van der Waals surface area contributed by atoms with Gasteiger partial charge in [-0.15, -0.1) is 0 Å². The molecule has 76 valence electrons. The van der Waals surface area contributed by atoms with Crippen molar-refractivity contribution < 1.29 is 4.92 Å². The van der Waals surface area contributed by atoms with Crippen LogP contribution >= 0.6 is 0 Å². The van der Waals surface area contributed by atoms with Crippen molar-refractivity contribution >= 4 is 5.69 Å². The average Bonchev–Trinajstić information content (AvgIpc) is 2.89. The molecule has 1 saturated carbocycles. The van der Waals surface area contributed by atoms with E-state index in [9.17, 15) is 10.1 Å². The Bertz CT molecular complexity index is 319. The van der Waals surface area contributed by atoms with Crippen molar-refractivity contribution in [1.29, 1.82) is 0 Å². The van der Waals surface area contributed by atoms with E-state index in [-0.39, 0.29) is 10.6 Å². The zero-order chi connectivity index (χ0) is 10.6. The van der Waals surface area contributed by atoms with Crippen LogP contribution in [0.3, 0.4) is 0 Å². The SMILES string of the molecule is CC1CC1.Cc1ccccc1[N+](=O)[O-]. The fourth-order valence-electron chi connectivity index (χ4n) is 0.935. The fourth-order valence-corrected chi connectivity index (χ4v) is 0.935. The molecule has 1 aliphatic carbocycles. The van der Waals surface area contributed by atoms with Crippen LogP contribution in [0.2, 0.25) is 0 Å². The summed E-state index contributed by atoms with van der Waals surface area (Å²) in [6.07, 6.45) is 2.97. The Balaban J connectivity index is 0.000000203. The first-order valence-electron chi connectivity index (χ1n) is 4.81. The molecule has 1 fully saturated rings. The third kappa shape index (κ3) is 3.56. The Morgan fingerprint density at radius 3 is 2.14 bits per heavy atom. The highest BCUT2D eigenvalue weighted by Crippen LogP contribution is 2.26. The Kier molecular flexibility index (Phi) is 3.63. The van der Waals surface area contributed by atoms with Gasteiger partial charge in [-0.3, -0.25) is 10.1 Å². The van der Waals surface area contributed by atoms with Crippen molar-refractivity contribution in [3.8, 4) is 0 Å². The Labute approximate surface area is 83.9 Å². The minimum Gasteiger partial charge on any atom is -0.258 e. The summed E-state index contributed by atoms with van der Waals surface area (Å²) in [5.74, 6) is 1.08. The number of nitrogens with zero attached hydrogens (tertiary/aromatic N) is 1. The lowest BCUT2D eigenvalue weighted by Gasteiger charge is -1.92. The molecule has 0 unspecified atom stereocenters. The van der Waals surface area contributed by atoms with Gasteiger partial charge in [-0.2, -0.15) is 0 Å². The Morgan fingerprint density at radius 1 is 1.36 bits per heavy atom. The van der Waals surface area contributed by atoms with Gasteiger partial charge in [0.2, 0.25) is 0 Å². The predicted molar refractivity (Wildman–Crippen MR) is 56.2 cm³/mol. The Hall–Kier alpha value is -1.38. The largest absolute Gasteiger partial charge is 0.272 e. The molecule has 3 heteroatoms. The molecule has 0 aromatic heterocycles. The molecule has 0 heterocycles. The highest BCUT2D eigenvalue weighted by Gasteiger charge is 2.12. The van der Waals surface area contributed by atoms with E-state index in [2.05, 4.69) is 6.92 Å². The van der Waals surface area contributed by atoms with Crippen molar-refractivity contribution in [1.82, 2.24) is 0 Å². The van der Waals surface area contributed by atoms with Crippen LogP contribution in [0, 0.1) is 23.0 Å². The summed E-state index contributed by atoms with van der Waals surface area (Å²) in [4.78, 5) is 9.85. The number of nitro groups is 1. The summed E-state index contributed by atoms with van der Waals surface area (Å²) in [6.45, 7) is 4.00. The zero-order valence-electron chi connectivity index (χ0n) is 8.56. The van der Waals surface area contributed by atoms with E-state index in [1.54, 1.807) is 25.1 Å². The molecule has 0 N–H and O–H groups in total. The van der Waals surface area contributed by atoms with Crippen LogP contribution < -0.4 is 0 Å². The molecule has 0 aliphatic heterocycles. The molecule has 1 aromatic rings. The fraction of sp³-hybridized carbons (Fsp3) is 0.455. The summed E-state index contributed by atoms with van der Waals surface area (Å²) in [6, 6.07) is 6.65. The van der Waals surface area contributed by atoms with E-state index in [0.717, 1.165) is 5.92 Å². The van der Waals surface area contributed by atoms with Gasteiger partial charge in [0.1, 0.15) is 0 Å². The summed E-state index contributed by atoms with van der Waals surface area (Å²) >= 11 is 0. The number of aryl methyl sites for hydroxylation is 1. The predicted octanol–water partition coefficient (Wildman–Crippen LogP) is 3.32. The van der Waals surface area contributed by atoms with Gasteiger partial charge in [-0.25, -0.2) is 0 Å². The molecule has 0 amide bonds. The van der Waals surface area contributed by atoms with Crippen molar-refractivity contribution in [3.05, 3.63) is 39.9 Å². The second kappa shape index (κ2) is 4.74. The molecule has 0 radical (unpaired) electrons. The maximum atomic E-state index is 10.2. The summed E-state index contributed by atoms with van der Waals surface area (Å²) < 4.78 is 0. The highest BCUT2D eigenvalue weighted by molar-refractivity contribution is 5.38. The van der Waals surface area contributed by atoms with Crippen LogP contribution in [0.25, 0.3) is 0 Å². The van der Waals surface area contributed by atoms with E-state index in [4.69, 9.17) is 0 Å². The monoisotopic (exact) mass is 193 g/mol. The lowest BCUT2D eigenvalue weighted by atomic mass is 10.2. The van der Waals surface area contributed by atoms with Gasteiger partial charge in [-0.1, -0.05) is 38.0 Å². The molecule has 1 aliphatic rings. The van der Waals surface area contributed by atoms with Gasteiger partial charge in [-0.05, 0) is 12.8 Å². The van der Waals surface area contributed by atoms with Gasteiger partial charge in [0.15, 0.2) is 0 Å². The normalized spacial score (nSPS) is 14.1. The molecule has 3 nitrogen and oxygen atoms in total. The van der Waals surface area contributed by atoms with Crippen molar-refractivity contribution in [2.24, 2.45) is 5.92 Å². The first kappa shape index (κ1) is 10.7. The van der Waals surface area contributed by atoms with Crippen LogP contribution in [0.4, 0.5) is 5.69 Å². The molecule has 0 spiro atoms. The summed E-state index contributed by atoms with van der Waals surface area (Å²) in [7, 11) is 0. The van der Waals surface area contributed by atoms with Crippen LogP contribution in [-0.4, -0.2) is 4.92 Å². The van der Waals surface area contributed by atoms with E-state index in [1.807, 2.05) is 0 Å². The number of nitro benzene ring substituents is 1. The van der Waals surface area contributed by atoms with Gasteiger partial charge in [0, 0.05) is 11.6 Å². The third-order valence-corrected chi connectivity index (χ3v) is 2.18. The Morgan fingerprint density at radius 2 is 1.86 bits per heavy atom. The minimum absolute atomic E-state index is 0.183. The number of hydrogen-bond donors (Lipinski definition) is 0. The number of para-hydroxylation sites is 1. The molecule has 0 saturated heterocycles. The van der Waals surface area contributed by atoms with Crippen LogP contribution in [0.15, 0.2) is 24.3 Å². The van der Waals surface area contributed by atoms with E-state index in [1.165, 1.54) is 18.9 Å². The molecular formula is C11H15NO2. The second-order valence-electron chi connectivity index (χ2n) is 3.73. The van der Waals surface area contributed by atoms with Crippen LogP contribution in [0.1, 0.15) is 25.3 Å². The smallest absolute Gasteiger partial charge is 0.258 e. The van der Waals surface area contributed by atoms with Crippen molar-refractivity contribution in [3.63, 3.8) is 0 Å². The average molecular weight is 193 g/mol. The molecule has 0 bridgehead atoms. The van der Waals surface area contributed by atoms with Crippen LogP contribution in [-0.2, 0) is 0 Å². The number of benzene rings is 1. The summed E-state index contributed by atoms with van der Waals surface area (Å²) in [5, 5.41) is 10.2.